The van der Waals surface area contributed by atoms with Crippen LogP contribution in [0.4, 0.5) is 0 Å². The van der Waals surface area contributed by atoms with Crippen molar-refractivity contribution in [2.75, 3.05) is 6.54 Å². The van der Waals surface area contributed by atoms with E-state index in [4.69, 9.17) is 5.73 Å². The molecule has 78 valence electrons. The van der Waals surface area contributed by atoms with Crippen molar-refractivity contribution in [2.45, 2.75) is 19.3 Å². The molecule has 0 aliphatic heterocycles. The van der Waals surface area contributed by atoms with Crippen LogP contribution in [0.25, 0.3) is 6.08 Å². The molecule has 0 radical (unpaired) electrons. The summed E-state index contributed by atoms with van der Waals surface area (Å²) in [4.78, 5) is 11.3. The van der Waals surface area contributed by atoms with E-state index < -0.39 is 0 Å². The minimum Gasteiger partial charge on any atom is -0.327 e. The fraction of sp³-hybridized carbons (Fsp3) is 0.308. The maximum Gasteiger partial charge on any atom is 0.137 e. The number of ketones is 1. The van der Waals surface area contributed by atoms with E-state index in [-0.39, 0.29) is 0 Å². The highest BCUT2D eigenvalue weighted by molar-refractivity contribution is 5.83. The third-order valence-corrected chi connectivity index (χ3v) is 2.74. The lowest BCUT2D eigenvalue weighted by Crippen LogP contribution is -2.13. The summed E-state index contributed by atoms with van der Waals surface area (Å²) >= 11 is 0. The Kier molecular flexibility index (Phi) is 2.97. The fourth-order valence-electron chi connectivity index (χ4n) is 1.93. The second-order valence-electron chi connectivity index (χ2n) is 3.88. The Morgan fingerprint density at radius 3 is 2.93 bits per heavy atom. The molecule has 0 spiro atoms. The Morgan fingerprint density at radius 1 is 1.27 bits per heavy atom. The van der Waals surface area contributed by atoms with E-state index >= 15 is 0 Å². The Labute approximate surface area is 89.8 Å². The van der Waals surface area contributed by atoms with Crippen molar-refractivity contribution in [1.82, 2.24) is 0 Å². The van der Waals surface area contributed by atoms with E-state index in [2.05, 4.69) is 12.1 Å². The van der Waals surface area contributed by atoms with Crippen LogP contribution in [0.1, 0.15) is 23.1 Å². The second kappa shape index (κ2) is 4.41. The molecule has 15 heavy (non-hydrogen) atoms. The van der Waals surface area contributed by atoms with Gasteiger partial charge in [-0.3, -0.25) is 4.79 Å². The topological polar surface area (TPSA) is 43.1 Å². The van der Waals surface area contributed by atoms with Crippen LogP contribution in [0.5, 0.6) is 0 Å². The SMILES string of the molecule is NCC=Cc1ccc2c(c1)CCC(=O)C2. The summed E-state index contributed by atoms with van der Waals surface area (Å²) in [6.45, 7) is 0.565. The van der Waals surface area contributed by atoms with Crippen LogP contribution < -0.4 is 5.73 Å². The monoisotopic (exact) mass is 201 g/mol. The molecule has 0 aromatic heterocycles. The van der Waals surface area contributed by atoms with E-state index in [9.17, 15) is 4.79 Å². The number of nitrogens with two attached hydrogens (primary N) is 1. The van der Waals surface area contributed by atoms with Gasteiger partial charge in [-0.05, 0) is 23.1 Å². The van der Waals surface area contributed by atoms with Gasteiger partial charge in [-0.15, -0.1) is 0 Å². The highest BCUT2D eigenvalue weighted by atomic mass is 16.1. The smallest absolute Gasteiger partial charge is 0.137 e. The number of Topliss-reactive ketones (excluding diaryl/α,β-unsaturated/α-hetero) is 1. The first-order chi connectivity index (χ1) is 7.29. The van der Waals surface area contributed by atoms with Crippen LogP contribution >= 0.6 is 0 Å². The van der Waals surface area contributed by atoms with Crippen LogP contribution in [-0.4, -0.2) is 12.3 Å². The highest BCUT2D eigenvalue weighted by Gasteiger charge is 2.14. The van der Waals surface area contributed by atoms with Crippen LogP contribution in [0, 0.1) is 0 Å². The standard InChI is InChI=1S/C13H15NO/c14-7-1-2-10-3-4-12-9-13(15)6-5-11(12)8-10/h1-4,8H,5-7,9,14H2. The van der Waals surface area contributed by atoms with E-state index in [1.54, 1.807) is 0 Å². The predicted octanol–water partition coefficient (Wildman–Crippen LogP) is 1.72. The molecule has 1 aliphatic rings. The lowest BCUT2D eigenvalue weighted by Gasteiger charge is -2.14. The van der Waals surface area contributed by atoms with Crippen molar-refractivity contribution < 1.29 is 4.79 Å². The maximum absolute atomic E-state index is 11.3. The molecule has 1 aromatic rings. The second-order valence-corrected chi connectivity index (χ2v) is 3.88. The zero-order valence-electron chi connectivity index (χ0n) is 8.70. The predicted molar refractivity (Wildman–Crippen MR) is 61.6 cm³/mol. The highest BCUT2D eigenvalue weighted by Crippen LogP contribution is 2.20. The molecule has 0 fully saturated rings. The maximum atomic E-state index is 11.3. The Hall–Kier alpha value is -1.41. The molecule has 0 saturated heterocycles. The van der Waals surface area contributed by atoms with Crippen molar-refractivity contribution in [3.05, 3.63) is 41.0 Å². The van der Waals surface area contributed by atoms with Crippen LogP contribution in [0.2, 0.25) is 0 Å². The van der Waals surface area contributed by atoms with Gasteiger partial charge in [0.25, 0.3) is 0 Å². The number of fused-ring (bicyclic) bond motifs is 1. The molecule has 2 N–H and O–H groups in total. The van der Waals surface area contributed by atoms with Crippen LogP contribution in [0.3, 0.4) is 0 Å². The summed E-state index contributed by atoms with van der Waals surface area (Å²) in [6.07, 6.45) is 6.15. The van der Waals surface area contributed by atoms with E-state index in [0.29, 0.717) is 25.2 Å². The molecule has 2 heteroatoms. The number of carbonyl (C=O) groups is 1. The number of hydrogen-bond donors (Lipinski definition) is 1. The third kappa shape index (κ3) is 2.34. The minimum absolute atomic E-state index is 0.354. The van der Waals surface area contributed by atoms with Crippen molar-refractivity contribution in [3.8, 4) is 0 Å². The summed E-state index contributed by atoms with van der Waals surface area (Å²) < 4.78 is 0. The first-order valence-electron chi connectivity index (χ1n) is 5.29. The van der Waals surface area contributed by atoms with Gasteiger partial charge in [0.15, 0.2) is 0 Å². The zero-order chi connectivity index (χ0) is 10.7. The van der Waals surface area contributed by atoms with Crippen molar-refractivity contribution >= 4 is 11.9 Å². The Bertz CT molecular complexity index is 407. The molecule has 0 heterocycles. The fourth-order valence-corrected chi connectivity index (χ4v) is 1.93. The number of hydrogen-bond acceptors (Lipinski definition) is 2. The molecule has 1 aliphatic carbocycles. The number of aryl methyl sites for hydroxylation is 1. The van der Waals surface area contributed by atoms with Gasteiger partial charge in [0.05, 0.1) is 0 Å². The van der Waals surface area contributed by atoms with Crippen LogP contribution in [-0.2, 0) is 17.6 Å². The largest absolute Gasteiger partial charge is 0.327 e. The lowest BCUT2D eigenvalue weighted by molar-refractivity contribution is -0.118. The number of benzene rings is 1. The average molecular weight is 201 g/mol. The van der Waals surface area contributed by atoms with Gasteiger partial charge in [-0.25, -0.2) is 0 Å². The third-order valence-electron chi connectivity index (χ3n) is 2.74. The summed E-state index contributed by atoms with van der Waals surface area (Å²) in [5.41, 5.74) is 9.08. The van der Waals surface area contributed by atoms with Gasteiger partial charge >= 0.3 is 0 Å². The van der Waals surface area contributed by atoms with Gasteiger partial charge in [0, 0.05) is 19.4 Å². The summed E-state index contributed by atoms with van der Waals surface area (Å²) in [5, 5.41) is 0. The molecule has 0 atom stereocenters. The summed E-state index contributed by atoms with van der Waals surface area (Å²) in [7, 11) is 0. The first kappa shape index (κ1) is 10.1. The molecular formula is C13H15NO. The molecule has 0 bridgehead atoms. The van der Waals surface area contributed by atoms with Gasteiger partial charge in [0.2, 0.25) is 0 Å². The average Bonchev–Trinajstić information content (AvgIpc) is 2.26. The molecule has 0 amide bonds. The summed E-state index contributed by atoms with van der Waals surface area (Å²) in [5.74, 6) is 0.354. The number of carbonyl (C=O) groups excluding carboxylic acids is 1. The molecule has 0 saturated carbocycles. The Morgan fingerprint density at radius 2 is 2.13 bits per heavy atom. The van der Waals surface area contributed by atoms with E-state index in [1.807, 2.05) is 18.2 Å². The van der Waals surface area contributed by atoms with Gasteiger partial charge in [-0.2, -0.15) is 0 Å². The molecule has 2 rings (SSSR count). The van der Waals surface area contributed by atoms with Gasteiger partial charge in [-0.1, -0.05) is 30.4 Å². The molecular weight excluding hydrogens is 186 g/mol. The van der Waals surface area contributed by atoms with E-state index in [1.165, 1.54) is 16.7 Å². The van der Waals surface area contributed by atoms with Gasteiger partial charge < -0.3 is 5.73 Å². The van der Waals surface area contributed by atoms with E-state index in [0.717, 1.165) is 6.42 Å². The Balaban J connectivity index is 2.26. The minimum atomic E-state index is 0.354. The van der Waals surface area contributed by atoms with Crippen molar-refractivity contribution in [2.24, 2.45) is 5.73 Å². The molecule has 2 nitrogen and oxygen atoms in total. The van der Waals surface area contributed by atoms with Crippen molar-refractivity contribution in [3.63, 3.8) is 0 Å². The quantitative estimate of drug-likeness (QED) is 0.791. The molecule has 0 unspecified atom stereocenters. The zero-order valence-corrected chi connectivity index (χ0v) is 8.70. The normalized spacial score (nSPS) is 15.7. The molecule has 1 aromatic carbocycles. The summed E-state index contributed by atoms with van der Waals surface area (Å²) in [6, 6.07) is 6.26. The van der Waals surface area contributed by atoms with Crippen LogP contribution in [0.15, 0.2) is 24.3 Å². The number of rotatable bonds is 2. The van der Waals surface area contributed by atoms with Crippen molar-refractivity contribution in [1.29, 1.82) is 0 Å². The first-order valence-corrected chi connectivity index (χ1v) is 5.29. The van der Waals surface area contributed by atoms with Gasteiger partial charge in [0.1, 0.15) is 5.78 Å². The lowest BCUT2D eigenvalue weighted by atomic mass is 9.89.